The van der Waals surface area contributed by atoms with Gasteiger partial charge in [0.1, 0.15) is 22.7 Å². The van der Waals surface area contributed by atoms with Crippen LogP contribution in [0.5, 0.6) is 0 Å². The number of alkyl halides is 3. The van der Waals surface area contributed by atoms with E-state index in [1.165, 1.54) is 18.9 Å². The second-order valence-electron chi connectivity index (χ2n) is 9.22. The van der Waals surface area contributed by atoms with Crippen LogP contribution in [0.2, 0.25) is 5.02 Å². The number of aliphatic hydroxyl groups is 1. The summed E-state index contributed by atoms with van der Waals surface area (Å²) in [6.07, 6.45) is -3.94. The predicted octanol–water partition coefficient (Wildman–Crippen LogP) is 3.68. The first-order valence-electron chi connectivity index (χ1n) is 11.7. The summed E-state index contributed by atoms with van der Waals surface area (Å²) in [5.74, 6) is -3.45. The van der Waals surface area contributed by atoms with Crippen LogP contribution in [0.15, 0.2) is 24.3 Å². The van der Waals surface area contributed by atoms with E-state index in [0.717, 1.165) is 34.4 Å². The Hall–Kier alpha value is -3.03. The molecule has 0 spiro atoms. The number of rotatable bonds is 7. The van der Waals surface area contributed by atoms with Gasteiger partial charge < -0.3 is 14.9 Å². The smallest absolute Gasteiger partial charge is 0.395 e. The number of carbonyl (C=O) groups is 2. The molecule has 1 aromatic heterocycles. The molecule has 0 saturated carbocycles. The van der Waals surface area contributed by atoms with E-state index in [1.54, 1.807) is 0 Å². The van der Waals surface area contributed by atoms with Crippen molar-refractivity contribution in [1.29, 1.82) is 0 Å². The third kappa shape index (κ3) is 5.27. The van der Waals surface area contributed by atoms with Crippen molar-refractivity contribution < 1.29 is 36.6 Å². The highest BCUT2D eigenvalue weighted by Crippen LogP contribution is 2.35. The number of carbonyl (C=O) groups excluding carboxylic acids is 2. The van der Waals surface area contributed by atoms with Crippen molar-refractivity contribution in [3.8, 4) is 0 Å². The number of hydrogen-bond acceptors (Lipinski definition) is 5. The van der Waals surface area contributed by atoms with Crippen LogP contribution >= 0.6 is 11.6 Å². The number of likely N-dealkylation sites (N-methyl/N-ethyl adjacent to an activating group) is 1. The number of aliphatic hydroxyl groups excluding tert-OH is 1. The zero-order chi connectivity index (χ0) is 27.9. The molecule has 206 valence electrons. The maximum atomic E-state index is 14.7. The van der Waals surface area contributed by atoms with Gasteiger partial charge in [0.05, 0.1) is 24.4 Å². The van der Waals surface area contributed by atoms with Crippen molar-refractivity contribution in [3.05, 3.63) is 52.2 Å². The molecule has 4 rings (SSSR count). The first-order chi connectivity index (χ1) is 17.8. The molecule has 1 aromatic carbocycles. The van der Waals surface area contributed by atoms with Crippen LogP contribution in [-0.4, -0.2) is 83.7 Å². The topological polar surface area (TPSA) is 80.2 Å². The Labute approximate surface area is 220 Å². The average molecular weight is 562 g/mol. The van der Waals surface area contributed by atoms with E-state index in [-0.39, 0.29) is 42.9 Å². The van der Waals surface area contributed by atoms with Crippen molar-refractivity contribution in [2.45, 2.75) is 31.6 Å². The fourth-order valence-electron chi connectivity index (χ4n) is 4.59. The highest BCUT2D eigenvalue weighted by molar-refractivity contribution is 6.31. The Bertz CT molecular complexity index is 1240. The molecule has 2 fully saturated rings. The molecule has 2 aliphatic rings. The summed E-state index contributed by atoms with van der Waals surface area (Å²) in [7, 11) is 1.19. The number of halogens is 6. The molecule has 0 bridgehead atoms. The average Bonchev–Trinajstić information content (AvgIpc) is 3.16. The number of anilines is 2. The van der Waals surface area contributed by atoms with Gasteiger partial charge in [-0.3, -0.25) is 14.6 Å². The molecule has 2 aromatic rings. The lowest BCUT2D eigenvalue weighted by molar-refractivity contribution is -0.137. The van der Waals surface area contributed by atoms with Gasteiger partial charge in [-0.05, 0) is 37.6 Å². The lowest BCUT2D eigenvalue weighted by Crippen LogP contribution is -2.52. The van der Waals surface area contributed by atoms with Crippen molar-refractivity contribution in [1.82, 2.24) is 14.8 Å². The highest BCUT2D eigenvalue weighted by atomic mass is 35.5. The van der Waals surface area contributed by atoms with Gasteiger partial charge in [0.25, 0.3) is 5.91 Å². The van der Waals surface area contributed by atoms with Crippen molar-refractivity contribution >= 4 is 35.0 Å². The SMILES string of the molecule is Cc1cc(C(F)(F)F)cc(N2C(=O)N(CCN3CCC3CO)CC2C(=O)N(C)c2ccc(F)c(Cl)c2F)n1. The van der Waals surface area contributed by atoms with E-state index >= 15 is 0 Å². The highest BCUT2D eigenvalue weighted by Gasteiger charge is 2.46. The summed E-state index contributed by atoms with van der Waals surface area (Å²) in [5, 5.41) is 8.58. The van der Waals surface area contributed by atoms with Crippen LogP contribution in [0.25, 0.3) is 0 Å². The fourth-order valence-corrected chi connectivity index (χ4v) is 4.75. The number of nitrogens with zero attached hydrogens (tertiary/aromatic N) is 5. The summed E-state index contributed by atoms with van der Waals surface area (Å²) >= 11 is 5.65. The van der Waals surface area contributed by atoms with E-state index in [0.29, 0.717) is 19.2 Å². The molecular weight excluding hydrogens is 537 g/mol. The van der Waals surface area contributed by atoms with Gasteiger partial charge in [-0.15, -0.1) is 0 Å². The maximum absolute atomic E-state index is 14.7. The minimum absolute atomic E-state index is 0.0247. The van der Waals surface area contributed by atoms with Gasteiger partial charge in [0.15, 0.2) is 5.82 Å². The second kappa shape index (κ2) is 10.6. The van der Waals surface area contributed by atoms with Crippen LogP contribution in [0, 0.1) is 18.6 Å². The quantitative estimate of drug-likeness (QED) is 0.412. The molecule has 38 heavy (non-hydrogen) atoms. The first kappa shape index (κ1) is 28.0. The lowest BCUT2D eigenvalue weighted by atomic mass is 10.0. The largest absolute Gasteiger partial charge is 0.416 e. The summed E-state index contributed by atoms with van der Waals surface area (Å²) in [6.45, 7) is 2.28. The Kier molecular flexibility index (Phi) is 7.82. The zero-order valence-corrected chi connectivity index (χ0v) is 21.2. The third-order valence-corrected chi connectivity index (χ3v) is 7.17. The number of benzene rings is 1. The molecule has 2 unspecified atom stereocenters. The van der Waals surface area contributed by atoms with Gasteiger partial charge in [0, 0.05) is 38.4 Å². The van der Waals surface area contributed by atoms with Crippen molar-refractivity contribution in [2.24, 2.45) is 0 Å². The summed E-state index contributed by atoms with van der Waals surface area (Å²) in [6, 6.07) is 1.21. The maximum Gasteiger partial charge on any atom is 0.416 e. The molecule has 1 N–H and O–H groups in total. The summed E-state index contributed by atoms with van der Waals surface area (Å²) in [5.41, 5.74) is -1.44. The van der Waals surface area contributed by atoms with Crippen molar-refractivity contribution in [3.63, 3.8) is 0 Å². The van der Waals surface area contributed by atoms with Gasteiger partial charge in [-0.1, -0.05) is 11.6 Å². The molecule has 0 aliphatic carbocycles. The number of amides is 3. The third-order valence-electron chi connectivity index (χ3n) is 6.82. The van der Waals surface area contributed by atoms with Crippen LogP contribution in [0.3, 0.4) is 0 Å². The molecule has 3 heterocycles. The summed E-state index contributed by atoms with van der Waals surface area (Å²) < 4.78 is 68.9. The minimum atomic E-state index is -4.73. The Morgan fingerprint density at radius 1 is 1.24 bits per heavy atom. The molecule has 8 nitrogen and oxygen atoms in total. The predicted molar refractivity (Wildman–Crippen MR) is 129 cm³/mol. The first-order valence-corrected chi connectivity index (χ1v) is 12.1. The van der Waals surface area contributed by atoms with Crippen LogP contribution in [-0.2, 0) is 11.0 Å². The van der Waals surface area contributed by atoms with Crippen molar-refractivity contribution in [2.75, 3.05) is 49.6 Å². The van der Waals surface area contributed by atoms with E-state index in [4.69, 9.17) is 11.6 Å². The molecule has 0 radical (unpaired) electrons. The zero-order valence-electron chi connectivity index (χ0n) is 20.5. The van der Waals surface area contributed by atoms with E-state index in [1.807, 2.05) is 4.90 Å². The van der Waals surface area contributed by atoms with Gasteiger partial charge in [0.2, 0.25) is 0 Å². The number of pyridine rings is 1. The normalized spacial score (nSPS) is 20.2. The number of aromatic nitrogens is 1. The number of aryl methyl sites for hydroxylation is 1. The Balaban J connectivity index is 1.68. The lowest BCUT2D eigenvalue weighted by Gasteiger charge is -2.40. The molecular formula is C24H25ClF5N5O3. The fraction of sp³-hybridized carbons (Fsp3) is 0.458. The van der Waals surface area contributed by atoms with E-state index in [9.17, 15) is 36.6 Å². The molecule has 2 aliphatic heterocycles. The standard InChI is InChI=1S/C24H25ClF5N5O3/c1-13-9-14(24(28,29)30)10-19(31-13)35-18(11-34(23(35)38)8-7-33-6-5-15(33)12-36)22(37)32(2)17-4-3-16(26)20(25)21(17)27/h3-4,9-10,15,18,36H,5-8,11-12H2,1-2H3. The van der Waals surface area contributed by atoms with E-state index < -0.39 is 46.4 Å². The van der Waals surface area contributed by atoms with Gasteiger partial charge in [-0.25, -0.2) is 18.6 Å². The number of urea groups is 1. The minimum Gasteiger partial charge on any atom is -0.395 e. The monoisotopic (exact) mass is 561 g/mol. The van der Waals surface area contributed by atoms with E-state index in [2.05, 4.69) is 4.98 Å². The molecule has 2 atom stereocenters. The Morgan fingerprint density at radius 2 is 1.95 bits per heavy atom. The van der Waals surface area contributed by atoms with Gasteiger partial charge in [-0.2, -0.15) is 13.2 Å². The Morgan fingerprint density at radius 3 is 2.55 bits per heavy atom. The number of hydrogen-bond donors (Lipinski definition) is 1. The van der Waals surface area contributed by atoms with Crippen LogP contribution in [0.1, 0.15) is 17.7 Å². The number of likely N-dealkylation sites (tertiary alicyclic amines) is 1. The molecule has 14 heteroatoms. The second-order valence-corrected chi connectivity index (χ2v) is 9.60. The summed E-state index contributed by atoms with van der Waals surface area (Å²) in [4.78, 5) is 36.0. The molecule has 3 amide bonds. The van der Waals surface area contributed by atoms with Crippen LogP contribution < -0.4 is 9.80 Å². The van der Waals surface area contributed by atoms with Crippen LogP contribution in [0.4, 0.5) is 38.3 Å². The molecule has 2 saturated heterocycles. The van der Waals surface area contributed by atoms with Gasteiger partial charge >= 0.3 is 12.2 Å².